The van der Waals surface area contributed by atoms with E-state index in [2.05, 4.69) is 4.65 Å². The van der Waals surface area contributed by atoms with Crippen LogP contribution in [0.3, 0.4) is 0 Å². The Hall–Kier alpha value is -0.0951. The first-order valence-electron chi connectivity index (χ1n) is 2.81. The van der Waals surface area contributed by atoms with Gasteiger partial charge in [-0.05, 0) is 5.92 Å². The van der Waals surface area contributed by atoms with Crippen LogP contribution in [0.4, 0.5) is 0 Å². The zero-order valence-corrected chi connectivity index (χ0v) is 5.61. The minimum atomic E-state index is -1.76. The monoisotopic (exact) mass is 133 g/mol. The molecule has 0 bridgehead atoms. The van der Waals surface area contributed by atoms with Gasteiger partial charge in [-0.25, -0.2) is 0 Å². The van der Waals surface area contributed by atoms with Gasteiger partial charge in [-0.2, -0.15) is 0 Å². The number of hydrogen-bond acceptors (Lipinski definition) is 4. The van der Waals surface area contributed by atoms with Gasteiger partial charge in [-0.3, -0.25) is 0 Å². The highest BCUT2D eigenvalue weighted by atomic mass is 16.6. The van der Waals surface area contributed by atoms with E-state index in [1.165, 1.54) is 0 Å². The molecule has 5 heteroatoms. The lowest BCUT2D eigenvalue weighted by Gasteiger charge is -2.15. The largest absolute Gasteiger partial charge is 0.635 e. The Bertz CT molecular complexity index is 78.2. The number of rotatable bonds is 3. The van der Waals surface area contributed by atoms with Gasteiger partial charge in [-0.1, -0.05) is 13.8 Å². The van der Waals surface area contributed by atoms with Crippen molar-refractivity contribution >= 4 is 7.32 Å². The molecule has 0 radical (unpaired) electrons. The molecule has 0 aliphatic heterocycles. The van der Waals surface area contributed by atoms with Gasteiger partial charge in [0.15, 0.2) is 0 Å². The Balaban J connectivity index is 3.38. The Labute approximate surface area is 54.8 Å². The summed E-state index contributed by atoms with van der Waals surface area (Å²) in [7, 11) is -1.76. The molecule has 0 fully saturated rings. The van der Waals surface area contributed by atoms with Crippen molar-refractivity contribution in [3.8, 4) is 0 Å². The molecule has 4 nitrogen and oxygen atoms in total. The summed E-state index contributed by atoms with van der Waals surface area (Å²) in [5.41, 5.74) is 5.28. The van der Waals surface area contributed by atoms with Crippen LogP contribution in [0.15, 0.2) is 0 Å². The maximum absolute atomic E-state index is 8.22. The Morgan fingerprint density at radius 2 is 1.89 bits per heavy atom. The maximum atomic E-state index is 8.22. The molecule has 0 aromatic heterocycles. The van der Waals surface area contributed by atoms with Gasteiger partial charge in [0, 0.05) is 0 Å². The van der Waals surface area contributed by atoms with Gasteiger partial charge in [0.05, 0.1) is 6.23 Å². The Morgan fingerprint density at radius 1 is 1.44 bits per heavy atom. The maximum Gasteiger partial charge on any atom is 0.635 e. The second-order valence-electron chi connectivity index (χ2n) is 2.17. The Morgan fingerprint density at radius 3 is 2.00 bits per heavy atom. The molecular weight excluding hydrogens is 121 g/mol. The SMILES string of the molecule is CC(C)C(N)OB(O)O. The standard InChI is InChI=1S/C4H12BNO3/c1-3(2)4(6)9-5(7)8/h3-4,7-8H,6H2,1-2H3. The van der Waals surface area contributed by atoms with Crippen molar-refractivity contribution in [2.45, 2.75) is 20.1 Å². The first-order chi connectivity index (χ1) is 4.04. The van der Waals surface area contributed by atoms with E-state index in [1.807, 2.05) is 13.8 Å². The second-order valence-corrected chi connectivity index (χ2v) is 2.17. The molecule has 0 aliphatic rings. The van der Waals surface area contributed by atoms with Gasteiger partial charge in [0.2, 0.25) is 0 Å². The van der Waals surface area contributed by atoms with Crippen LogP contribution in [0.5, 0.6) is 0 Å². The third-order valence-electron chi connectivity index (χ3n) is 0.936. The predicted octanol–water partition coefficient (Wildman–Crippen LogP) is -1.09. The lowest BCUT2D eigenvalue weighted by Crippen LogP contribution is -2.36. The number of nitrogens with two attached hydrogens (primary N) is 1. The fraction of sp³-hybridized carbons (Fsp3) is 1.00. The van der Waals surface area contributed by atoms with E-state index in [-0.39, 0.29) is 5.92 Å². The molecule has 1 atom stereocenters. The molecular formula is C4H12BNO3. The van der Waals surface area contributed by atoms with Gasteiger partial charge >= 0.3 is 7.32 Å². The summed E-state index contributed by atoms with van der Waals surface area (Å²) in [5.74, 6) is 0.0896. The molecule has 4 N–H and O–H groups in total. The summed E-state index contributed by atoms with van der Waals surface area (Å²) in [6, 6.07) is 0. The summed E-state index contributed by atoms with van der Waals surface area (Å²) in [6.45, 7) is 3.65. The zero-order chi connectivity index (χ0) is 7.44. The molecule has 54 valence electrons. The van der Waals surface area contributed by atoms with Crippen molar-refractivity contribution in [1.82, 2.24) is 0 Å². The summed E-state index contributed by atoms with van der Waals surface area (Å²) in [6.07, 6.45) is -0.606. The van der Waals surface area contributed by atoms with Gasteiger partial charge in [0.25, 0.3) is 0 Å². The van der Waals surface area contributed by atoms with Crippen molar-refractivity contribution in [2.75, 3.05) is 0 Å². The highest BCUT2D eigenvalue weighted by Crippen LogP contribution is 1.98. The molecule has 9 heavy (non-hydrogen) atoms. The molecule has 1 unspecified atom stereocenters. The van der Waals surface area contributed by atoms with E-state index in [1.54, 1.807) is 0 Å². The van der Waals surface area contributed by atoms with Crippen molar-refractivity contribution in [2.24, 2.45) is 11.7 Å². The number of hydrogen-bond donors (Lipinski definition) is 3. The second kappa shape index (κ2) is 3.84. The fourth-order valence-electron chi connectivity index (χ4n) is 0.298. The smallest absolute Gasteiger partial charge is 0.402 e. The minimum Gasteiger partial charge on any atom is -0.402 e. The van der Waals surface area contributed by atoms with E-state index >= 15 is 0 Å². The third kappa shape index (κ3) is 4.41. The average molecular weight is 133 g/mol. The molecule has 0 rings (SSSR count). The first kappa shape index (κ1) is 8.90. The van der Waals surface area contributed by atoms with E-state index in [0.717, 1.165) is 0 Å². The van der Waals surface area contributed by atoms with Crippen molar-refractivity contribution in [3.05, 3.63) is 0 Å². The molecule has 0 heterocycles. The molecule has 0 aromatic carbocycles. The van der Waals surface area contributed by atoms with Crippen LogP contribution in [-0.4, -0.2) is 23.6 Å². The summed E-state index contributed by atoms with van der Waals surface area (Å²) < 4.78 is 4.40. The van der Waals surface area contributed by atoms with Crippen molar-refractivity contribution in [3.63, 3.8) is 0 Å². The molecule has 0 amide bonds. The van der Waals surface area contributed by atoms with Crippen LogP contribution in [-0.2, 0) is 4.65 Å². The average Bonchev–Trinajstić information content (AvgIpc) is 1.63. The van der Waals surface area contributed by atoms with Crippen LogP contribution in [0.1, 0.15) is 13.8 Å². The summed E-state index contributed by atoms with van der Waals surface area (Å²) in [5, 5.41) is 16.4. The quantitative estimate of drug-likeness (QED) is 0.338. The summed E-state index contributed by atoms with van der Waals surface area (Å²) in [4.78, 5) is 0. The molecule has 0 saturated carbocycles. The van der Waals surface area contributed by atoms with Crippen LogP contribution in [0.2, 0.25) is 0 Å². The van der Waals surface area contributed by atoms with Crippen molar-refractivity contribution < 1.29 is 14.7 Å². The van der Waals surface area contributed by atoms with E-state index in [4.69, 9.17) is 15.8 Å². The van der Waals surface area contributed by atoms with Crippen molar-refractivity contribution in [1.29, 1.82) is 0 Å². The minimum absolute atomic E-state index is 0.0896. The van der Waals surface area contributed by atoms with E-state index < -0.39 is 13.5 Å². The molecule has 0 aliphatic carbocycles. The highest BCUT2D eigenvalue weighted by molar-refractivity contribution is 6.32. The summed E-state index contributed by atoms with van der Waals surface area (Å²) >= 11 is 0. The first-order valence-corrected chi connectivity index (χ1v) is 2.81. The molecule has 0 saturated heterocycles. The van der Waals surface area contributed by atoms with Gasteiger partial charge in [-0.15, -0.1) is 0 Å². The topological polar surface area (TPSA) is 75.7 Å². The van der Waals surface area contributed by atoms with E-state index in [0.29, 0.717) is 0 Å². The Kier molecular flexibility index (Phi) is 3.80. The molecule has 0 aromatic rings. The predicted molar refractivity (Wildman–Crippen MR) is 34.1 cm³/mol. The van der Waals surface area contributed by atoms with Crippen LogP contribution < -0.4 is 5.73 Å². The lowest BCUT2D eigenvalue weighted by molar-refractivity contribution is 0.0901. The molecule has 0 spiro atoms. The van der Waals surface area contributed by atoms with Gasteiger partial charge in [0.1, 0.15) is 0 Å². The van der Waals surface area contributed by atoms with Crippen LogP contribution >= 0.6 is 0 Å². The third-order valence-corrected chi connectivity index (χ3v) is 0.936. The van der Waals surface area contributed by atoms with Crippen LogP contribution in [0, 0.1) is 5.92 Å². The highest BCUT2D eigenvalue weighted by Gasteiger charge is 2.16. The lowest BCUT2D eigenvalue weighted by atomic mass is 10.1. The van der Waals surface area contributed by atoms with Crippen LogP contribution in [0.25, 0.3) is 0 Å². The zero-order valence-electron chi connectivity index (χ0n) is 5.61. The normalized spacial score (nSPS) is 14.0. The fourth-order valence-corrected chi connectivity index (χ4v) is 0.298. The van der Waals surface area contributed by atoms with Gasteiger partial charge < -0.3 is 20.4 Å². The van der Waals surface area contributed by atoms with E-state index in [9.17, 15) is 0 Å².